The maximum Gasteiger partial charge on any atom is 0.123 e. The van der Waals surface area contributed by atoms with E-state index in [2.05, 4.69) is 0 Å². The van der Waals surface area contributed by atoms with Crippen LogP contribution in [0.15, 0.2) is 48.6 Å². The summed E-state index contributed by atoms with van der Waals surface area (Å²) in [4.78, 5) is 0. The third kappa shape index (κ3) is 2.91. The molecular weight excluding hydrogens is 248 g/mol. The Morgan fingerprint density at radius 1 is 0.800 bits per heavy atom. The predicted molar refractivity (Wildman–Crippen MR) is 84.6 cm³/mol. The number of phenolic OH excluding ortho intramolecular Hbond substituents is 2. The lowest BCUT2D eigenvalue weighted by molar-refractivity contribution is 0.473. The van der Waals surface area contributed by atoms with E-state index in [1.807, 2.05) is 56.4 Å². The van der Waals surface area contributed by atoms with Crippen molar-refractivity contribution >= 4 is 12.2 Å². The van der Waals surface area contributed by atoms with E-state index in [9.17, 15) is 10.2 Å². The molecule has 0 aliphatic rings. The first-order chi connectivity index (χ1) is 9.65. The zero-order chi connectivity index (χ0) is 14.5. The molecule has 0 atom stereocenters. The van der Waals surface area contributed by atoms with Crippen LogP contribution >= 0.6 is 0 Å². The summed E-state index contributed by atoms with van der Waals surface area (Å²) in [5.74, 6) is 0.464. The van der Waals surface area contributed by atoms with Gasteiger partial charge in [0.2, 0.25) is 0 Å². The van der Waals surface area contributed by atoms with Gasteiger partial charge in [-0.2, -0.15) is 0 Å². The number of rotatable bonds is 3. The van der Waals surface area contributed by atoms with Crippen LogP contribution in [-0.2, 0) is 0 Å². The predicted octanol–water partition coefficient (Wildman–Crippen LogP) is 4.83. The minimum absolute atomic E-state index is 0.232. The van der Waals surface area contributed by atoms with Gasteiger partial charge in [0.1, 0.15) is 11.5 Å². The standard InChI is InChI=1S/C18H18O2/c1-3-5-13-7-9-18(20)16(11-13)14-8-10-17(19)15(12-14)6-4-2/h3-12,19-20H,1-2H3. The van der Waals surface area contributed by atoms with Crippen molar-refractivity contribution in [3.05, 3.63) is 59.7 Å². The van der Waals surface area contributed by atoms with Crippen LogP contribution in [0.25, 0.3) is 23.3 Å². The third-order valence-electron chi connectivity index (χ3n) is 3.06. The average molecular weight is 266 g/mol. The van der Waals surface area contributed by atoms with Crippen LogP contribution in [0.3, 0.4) is 0 Å². The average Bonchev–Trinajstić information content (AvgIpc) is 2.44. The van der Waals surface area contributed by atoms with Crippen LogP contribution in [-0.4, -0.2) is 10.2 Å². The molecule has 0 heterocycles. The van der Waals surface area contributed by atoms with Crippen molar-refractivity contribution in [3.63, 3.8) is 0 Å². The van der Waals surface area contributed by atoms with Crippen molar-refractivity contribution in [2.45, 2.75) is 13.8 Å². The van der Waals surface area contributed by atoms with Crippen molar-refractivity contribution in [3.8, 4) is 22.6 Å². The van der Waals surface area contributed by atoms with Crippen molar-refractivity contribution < 1.29 is 10.2 Å². The molecule has 0 radical (unpaired) electrons. The summed E-state index contributed by atoms with van der Waals surface area (Å²) in [5.41, 5.74) is 3.40. The van der Waals surface area contributed by atoms with Gasteiger partial charge in [-0.3, -0.25) is 0 Å². The molecule has 0 amide bonds. The molecule has 0 saturated heterocycles. The number of hydrogen-bond acceptors (Lipinski definition) is 2. The van der Waals surface area contributed by atoms with Gasteiger partial charge in [-0.05, 0) is 49.2 Å². The molecule has 2 aromatic carbocycles. The Morgan fingerprint density at radius 3 is 2.20 bits per heavy atom. The number of aromatic hydroxyl groups is 2. The van der Waals surface area contributed by atoms with Gasteiger partial charge in [0.15, 0.2) is 0 Å². The number of allylic oxidation sites excluding steroid dienone is 2. The van der Waals surface area contributed by atoms with Crippen LogP contribution in [0.2, 0.25) is 0 Å². The Labute approximate surface area is 119 Å². The molecule has 2 nitrogen and oxygen atoms in total. The van der Waals surface area contributed by atoms with E-state index in [1.165, 1.54) is 0 Å². The lowest BCUT2D eigenvalue weighted by Gasteiger charge is -2.08. The zero-order valence-corrected chi connectivity index (χ0v) is 11.7. The number of hydrogen-bond donors (Lipinski definition) is 2. The van der Waals surface area contributed by atoms with Crippen LogP contribution in [0, 0.1) is 0 Å². The maximum absolute atomic E-state index is 10.0. The second-order valence-electron chi connectivity index (χ2n) is 4.55. The summed E-state index contributed by atoms with van der Waals surface area (Å²) in [6, 6.07) is 10.8. The molecule has 0 unspecified atom stereocenters. The molecule has 2 heteroatoms. The maximum atomic E-state index is 10.0. The molecule has 0 bridgehead atoms. The van der Waals surface area contributed by atoms with Crippen LogP contribution in [0.4, 0.5) is 0 Å². The Kier molecular flexibility index (Phi) is 4.26. The summed E-state index contributed by atoms with van der Waals surface area (Å²) in [6.07, 6.45) is 7.65. The van der Waals surface area contributed by atoms with Gasteiger partial charge in [0, 0.05) is 11.1 Å². The van der Waals surface area contributed by atoms with E-state index in [0.717, 1.165) is 22.3 Å². The summed E-state index contributed by atoms with van der Waals surface area (Å²) >= 11 is 0. The third-order valence-corrected chi connectivity index (χ3v) is 3.06. The molecule has 0 fully saturated rings. The monoisotopic (exact) mass is 266 g/mol. The molecule has 2 aromatic rings. The van der Waals surface area contributed by atoms with Gasteiger partial charge in [0.25, 0.3) is 0 Å². The van der Waals surface area contributed by atoms with Gasteiger partial charge in [0.05, 0.1) is 0 Å². The molecule has 0 aromatic heterocycles. The van der Waals surface area contributed by atoms with E-state index >= 15 is 0 Å². The minimum atomic E-state index is 0.232. The van der Waals surface area contributed by atoms with Crippen LogP contribution in [0.5, 0.6) is 11.5 Å². The van der Waals surface area contributed by atoms with E-state index in [4.69, 9.17) is 0 Å². The quantitative estimate of drug-likeness (QED) is 0.835. The van der Waals surface area contributed by atoms with Crippen LogP contribution < -0.4 is 0 Å². The van der Waals surface area contributed by atoms with Crippen molar-refractivity contribution in [1.82, 2.24) is 0 Å². The van der Waals surface area contributed by atoms with Crippen molar-refractivity contribution in [2.24, 2.45) is 0 Å². The molecule has 102 valence electrons. The second kappa shape index (κ2) is 6.11. The fourth-order valence-electron chi connectivity index (χ4n) is 2.12. The molecule has 2 rings (SSSR count). The van der Waals surface area contributed by atoms with E-state index in [1.54, 1.807) is 18.2 Å². The first kappa shape index (κ1) is 13.9. The molecule has 2 N–H and O–H groups in total. The van der Waals surface area contributed by atoms with Gasteiger partial charge < -0.3 is 10.2 Å². The first-order valence-electron chi connectivity index (χ1n) is 6.57. The van der Waals surface area contributed by atoms with Gasteiger partial charge >= 0.3 is 0 Å². The highest BCUT2D eigenvalue weighted by Gasteiger charge is 2.07. The van der Waals surface area contributed by atoms with Crippen molar-refractivity contribution in [1.29, 1.82) is 0 Å². The second-order valence-corrected chi connectivity index (χ2v) is 4.55. The molecule has 0 saturated carbocycles. The first-order valence-corrected chi connectivity index (χ1v) is 6.57. The van der Waals surface area contributed by atoms with Gasteiger partial charge in [-0.1, -0.05) is 36.4 Å². The highest BCUT2D eigenvalue weighted by molar-refractivity contribution is 5.76. The minimum Gasteiger partial charge on any atom is -0.507 e. The highest BCUT2D eigenvalue weighted by atomic mass is 16.3. The summed E-state index contributed by atoms with van der Waals surface area (Å²) < 4.78 is 0. The van der Waals surface area contributed by atoms with Gasteiger partial charge in [-0.15, -0.1) is 0 Å². The number of benzene rings is 2. The SMILES string of the molecule is CC=Cc1ccc(O)c(-c2ccc(O)c(C=CC)c2)c1. The Bertz CT molecular complexity index is 667. The topological polar surface area (TPSA) is 40.5 Å². The van der Waals surface area contributed by atoms with Crippen LogP contribution in [0.1, 0.15) is 25.0 Å². The molecule has 0 aliphatic heterocycles. The fourth-order valence-corrected chi connectivity index (χ4v) is 2.12. The highest BCUT2D eigenvalue weighted by Crippen LogP contribution is 2.33. The number of phenols is 2. The Hall–Kier alpha value is -2.48. The Balaban J connectivity index is 2.55. The molecular formula is C18H18O2. The van der Waals surface area contributed by atoms with Gasteiger partial charge in [-0.25, -0.2) is 0 Å². The molecule has 0 spiro atoms. The smallest absolute Gasteiger partial charge is 0.123 e. The summed E-state index contributed by atoms with van der Waals surface area (Å²) in [7, 11) is 0. The van der Waals surface area contributed by atoms with Crippen molar-refractivity contribution in [2.75, 3.05) is 0 Å². The zero-order valence-electron chi connectivity index (χ0n) is 11.7. The fraction of sp³-hybridized carbons (Fsp3) is 0.111. The largest absolute Gasteiger partial charge is 0.507 e. The van der Waals surface area contributed by atoms with E-state index in [0.29, 0.717) is 0 Å². The molecule has 0 aliphatic carbocycles. The normalized spacial score (nSPS) is 11.5. The molecule has 20 heavy (non-hydrogen) atoms. The summed E-state index contributed by atoms with van der Waals surface area (Å²) in [6.45, 7) is 3.85. The summed E-state index contributed by atoms with van der Waals surface area (Å²) in [5, 5.41) is 19.8. The Morgan fingerprint density at radius 2 is 1.50 bits per heavy atom. The van der Waals surface area contributed by atoms with E-state index < -0.39 is 0 Å². The lowest BCUT2D eigenvalue weighted by atomic mass is 9.99. The lowest BCUT2D eigenvalue weighted by Crippen LogP contribution is -1.83. The van der Waals surface area contributed by atoms with E-state index in [-0.39, 0.29) is 11.5 Å².